The van der Waals surface area contributed by atoms with Crippen molar-refractivity contribution >= 4 is 15.9 Å². The van der Waals surface area contributed by atoms with Crippen LogP contribution in [0.2, 0.25) is 0 Å². The lowest BCUT2D eigenvalue weighted by Crippen LogP contribution is -2.31. The van der Waals surface area contributed by atoms with Crippen LogP contribution in [-0.4, -0.2) is 20.9 Å². The summed E-state index contributed by atoms with van der Waals surface area (Å²) in [6.07, 6.45) is -0.0277. The summed E-state index contributed by atoms with van der Waals surface area (Å²) in [5.41, 5.74) is 11.4. The summed E-state index contributed by atoms with van der Waals surface area (Å²) in [5, 5.41) is 0. The fourth-order valence-corrected chi connectivity index (χ4v) is 2.21. The highest BCUT2D eigenvalue weighted by Crippen LogP contribution is 2.10. The highest BCUT2D eigenvalue weighted by Gasteiger charge is 2.16. The van der Waals surface area contributed by atoms with Gasteiger partial charge in [-0.2, -0.15) is 0 Å². The fourth-order valence-electron chi connectivity index (χ4n) is 1.20. The molecule has 0 heterocycles. The van der Waals surface area contributed by atoms with Crippen LogP contribution in [0, 0.1) is 0 Å². The van der Waals surface area contributed by atoms with E-state index in [2.05, 4.69) is 0 Å². The molecule has 0 aliphatic rings. The Bertz CT molecular complexity index is 482. The maximum absolute atomic E-state index is 11.7. The molecule has 1 aromatic carbocycles. The average molecular weight is 257 g/mol. The van der Waals surface area contributed by atoms with Crippen LogP contribution in [0.15, 0.2) is 29.2 Å². The second kappa shape index (κ2) is 5.76. The largest absolute Gasteiger partial charge is 0.330 e. The second-order valence-electron chi connectivity index (χ2n) is 3.42. The van der Waals surface area contributed by atoms with Gasteiger partial charge in [0.2, 0.25) is 5.91 Å². The Morgan fingerprint density at radius 2 is 1.76 bits per heavy atom. The molecular formula is C10H15N3O3S. The van der Waals surface area contributed by atoms with Crippen LogP contribution in [0.25, 0.3) is 0 Å². The summed E-state index contributed by atoms with van der Waals surface area (Å²) in [5.74, 6) is -0.615. The van der Waals surface area contributed by atoms with Gasteiger partial charge in [0.05, 0.1) is 4.90 Å². The first-order chi connectivity index (χ1) is 7.99. The van der Waals surface area contributed by atoms with Crippen molar-refractivity contribution < 1.29 is 13.2 Å². The molecule has 17 heavy (non-hydrogen) atoms. The molecule has 0 unspecified atom stereocenters. The van der Waals surface area contributed by atoms with E-state index in [1.807, 2.05) is 4.72 Å². The van der Waals surface area contributed by atoms with Crippen LogP contribution in [0.1, 0.15) is 12.0 Å². The van der Waals surface area contributed by atoms with E-state index in [0.29, 0.717) is 6.54 Å². The van der Waals surface area contributed by atoms with E-state index in [0.717, 1.165) is 5.56 Å². The fraction of sp³-hybridized carbons (Fsp3) is 0.300. The molecular weight excluding hydrogens is 242 g/mol. The maximum atomic E-state index is 11.7. The van der Waals surface area contributed by atoms with Crippen LogP contribution in [0.3, 0.4) is 0 Å². The molecule has 0 aromatic heterocycles. The van der Waals surface area contributed by atoms with Gasteiger partial charge in [0, 0.05) is 19.5 Å². The molecule has 0 aliphatic heterocycles. The summed E-state index contributed by atoms with van der Waals surface area (Å²) in [6.45, 7) is 0.438. The number of sulfonamides is 1. The van der Waals surface area contributed by atoms with Crippen molar-refractivity contribution in [1.82, 2.24) is 4.72 Å². The van der Waals surface area contributed by atoms with Crippen LogP contribution < -0.4 is 16.2 Å². The predicted molar refractivity (Wildman–Crippen MR) is 63.3 cm³/mol. The van der Waals surface area contributed by atoms with E-state index in [9.17, 15) is 13.2 Å². The molecule has 94 valence electrons. The minimum atomic E-state index is -3.80. The molecule has 5 N–H and O–H groups in total. The van der Waals surface area contributed by atoms with Gasteiger partial charge in [-0.05, 0) is 17.7 Å². The molecule has 7 heteroatoms. The van der Waals surface area contributed by atoms with Gasteiger partial charge in [-0.3, -0.25) is 4.79 Å². The number of amides is 1. The molecule has 6 nitrogen and oxygen atoms in total. The Hall–Kier alpha value is -1.44. The number of hydrogen-bond donors (Lipinski definition) is 3. The van der Waals surface area contributed by atoms with E-state index in [-0.39, 0.29) is 17.9 Å². The zero-order chi connectivity index (χ0) is 12.9. The van der Waals surface area contributed by atoms with Gasteiger partial charge in [0.1, 0.15) is 0 Å². The van der Waals surface area contributed by atoms with Crippen LogP contribution in [-0.2, 0) is 21.4 Å². The van der Waals surface area contributed by atoms with Gasteiger partial charge in [0.25, 0.3) is 10.0 Å². The van der Waals surface area contributed by atoms with Crippen molar-refractivity contribution in [2.75, 3.05) is 6.54 Å². The Kier molecular flexibility index (Phi) is 4.62. The van der Waals surface area contributed by atoms with Gasteiger partial charge in [0.15, 0.2) is 0 Å². The Morgan fingerprint density at radius 1 is 1.18 bits per heavy atom. The molecule has 1 rings (SSSR count). The van der Waals surface area contributed by atoms with Gasteiger partial charge in [-0.1, -0.05) is 12.1 Å². The van der Waals surface area contributed by atoms with Crippen molar-refractivity contribution in [3.8, 4) is 0 Å². The molecule has 1 amide bonds. The van der Waals surface area contributed by atoms with Gasteiger partial charge >= 0.3 is 0 Å². The summed E-state index contributed by atoms with van der Waals surface area (Å²) in [7, 11) is -3.80. The first-order valence-electron chi connectivity index (χ1n) is 5.04. The van der Waals surface area contributed by atoms with Crippen molar-refractivity contribution in [2.45, 2.75) is 17.9 Å². The third-order valence-corrected chi connectivity index (χ3v) is 3.48. The lowest BCUT2D eigenvalue weighted by atomic mass is 10.2. The van der Waals surface area contributed by atoms with Crippen molar-refractivity contribution in [3.05, 3.63) is 29.8 Å². The SMILES string of the molecule is NCCC(=O)NS(=O)(=O)c1ccc(CN)cc1. The summed E-state index contributed by atoms with van der Waals surface area (Å²) in [4.78, 5) is 11.2. The van der Waals surface area contributed by atoms with E-state index < -0.39 is 15.9 Å². The Labute approximate surface area is 100 Å². The van der Waals surface area contributed by atoms with Gasteiger partial charge in [-0.25, -0.2) is 13.1 Å². The molecule has 0 atom stereocenters. The van der Waals surface area contributed by atoms with Gasteiger partial charge in [-0.15, -0.1) is 0 Å². The van der Waals surface area contributed by atoms with Crippen LogP contribution in [0.4, 0.5) is 0 Å². The zero-order valence-electron chi connectivity index (χ0n) is 9.22. The molecule has 0 spiro atoms. The number of hydrogen-bond acceptors (Lipinski definition) is 5. The first-order valence-corrected chi connectivity index (χ1v) is 6.52. The molecule has 0 aliphatic carbocycles. The van der Waals surface area contributed by atoms with Crippen molar-refractivity contribution in [1.29, 1.82) is 0 Å². The zero-order valence-corrected chi connectivity index (χ0v) is 10.0. The van der Waals surface area contributed by atoms with E-state index in [1.165, 1.54) is 12.1 Å². The van der Waals surface area contributed by atoms with E-state index in [4.69, 9.17) is 11.5 Å². The standard InChI is InChI=1S/C10H15N3O3S/c11-6-5-10(14)13-17(15,16)9-3-1-8(7-12)2-4-9/h1-4H,5-7,11-12H2,(H,13,14). The lowest BCUT2D eigenvalue weighted by Gasteiger charge is -2.06. The van der Waals surface area contributed by atoms with Gasteiger partial charge < -0.3 is 11.5 Å². The Balaban J connectivity index is 2.85. The number of rotatable bonds is 5. The molecule has 0 saturated carbocycles. The summed E-state index contributed by atoms with van der Waals surface area (Å²) >= 11 is 0. The topological polar surface area (TPSA) is 115 Å². The molecule has 0 fully saturated rings. The quantitative estimate of drug-likeness (QED) is 0.645. The molecule has 0 radical (unpaired) electrons. The highest BCUT2D eigenvalue weighted by molar-refractivity contribution is 7.90. The molecule has 1 aromatic rings. The number of nitrogens with two attached hydrogens (primary N) is 2. The third kappa shape index (κ3) is 3.81. The van der Waals surface area contributed by atoms with Crippen molar-refractivity contribution in [2.24, 2.45) is 11.5 Å². The first kappa shape index (κ1) is 13.6. The minimum Gasteiger partial charge on any atom is -0.330 e. The van der Waals surface area contributed by atoms with E-state index >= 15 is 0 Å². The number of benzene rings is 1. The maximum Gasteiger partial charge on any atom is 0.264 e. The Morgan fingerprint density at radius 3 is 2.24 bits per heavy atom. The van der Waals surface area contributed by atoms with Crippen LogP contribution in [0.5, 0.6) is 0 Å². The smallest absolute Gasteiger partial charge is 0.264 e. The summed E-state index contributed by atoms with van der Waals surface area (Å²) < 4.78 is 25.4. The number of carbonyl (C=O) groups is 1. The molecule has 0 bridgehead atoms. The normalized spacial score (nSPS) is 11.2. The highest BCUT2D eigenvalue weighted by atomic mass is 32.2. The number of nitrogens with one attached hydrogen (secondary N) is 1. The minimum absolute atomic E-state index is 0.0277. The van der Waals surface area contributed by atoms with Crippen LogP contribution >= 0.6 is 0 Å². The number of carbonyl (C=O) groups excluding carboxylic acids is 1. The second-order valence-corrected chi connectivity index (χ2v) is 5.10. The summed E-state index contributed by atoms with van der Waals surface area (Å²) in [6, 6.07) is 6.00. The van der Waals surface area contributed by atoms with Crippen molar-refractivity contribution in [3.63, 3.8) is 0 Å². The third-order valence-electron chi connectivity index (χ3n) is 2.09. The molecule has 0 saturated heterocycles. The van der Waals surface area contributed by atoms with E-state index in [1.54, 1.807) is 12.1 Å². The monoisotopic (exact) mass is 257 g/mol. The predicted octanol–water partition coefficient (Wildman–Crippen LogP) is -0.701. The average Bonchev–Trinajstić information content (AvgIpc) is 2.28. The lowest BCUT2D eigenvalue weighted by molar-refractivity contribution is -0.119.